The number of amides is 1. The molecule has 1 aromatic carbocycles. The van der Waals surface area contributed by atoms with Crippen molar-refractivity contribution in [2.75, 3.05) is 24.8 Å². The topological polar surface area (TPSA) is 20.3 Å². The molecule has 0 bridgehead atoms. The van der Waals surface area contributed by atoms with Crippen LogP contribution in [0.15, 0.2) is 24.3 Å². The number of hydrogen-bond donors (Lipinski definition) is 0. The molecule has 0 aliphatic rings. The Labute approximate surface area is 104 Å². The number of benzene rings is 1. The van der Waals surface area contributed by atoms with Gasteiger partial charge in [-0.2, -0.15) is 0 Å². The zero-order valence-corrected chi connectivity index (χ0v) is 10.1. The maximum atomic E-state index is 12.9. The summed E-state index contributed by atoms with van der Waals surface area (Å²) in [6.45, 7) is 0.813. The van der Waals surface area contributed by atoms with Crippen LogP contribution in [0, 0.1) is 5.82 Å². The predicted octanol–water partition coefficient (Wildman–Crippen LogP) is 2.75. The first-order chi connectivity index (χ1) is 7.69. The molecule has 0 unspecified atom stereocenters. The lowest BCUT2D eigenvalue weighted by Gasteiger charge is -2.20. The Morgan fingerprint density at radius 3 is 2.38 bits per heavy atom. The Morgan fingerprint density at radius 2 is 1.88 bits per heavy atom. The minimum atomic E-state index is -0.428. The number of carbonyl (C=O) groups excluding carboxylic acids is 1. The van der Waals surface area contributed by atoms with E-state index in [9.17, 15) is 9.18 Å². The summed E-state index contributed by atoms with van der Waals surface area (Å²) in [5.74, 6) is -0.0149. The van der Waals surface area contributed by atoms with Crippen molar-refractivity contribution in [1.29, 1.82) is 0 Å². The molecule has 2 nitrogen and oxygen atoms in total. The van der Waals surface area contributed by atoms with Crippen molar-refractivity contribution in [3.05, 3.63) is 35.6 Å². The van der Waals surface area contributed by atoms with Crippen LogP contribution in [0.2, 0.25) is 0 Å². The number of halogens is 3. The molecule has 0 spiro atoms. The highest BCUT2D eigenvalue weighted by atomic mass is 35.5. The van der Waals surface area contributed by atoms with E-state index in [0.29, 0.717) is 30.4 Å². The first kappa shape index (κ1) is 13.3. The highest BCUT2D eigenvalue weighted by Gasteiger charge is 2.14. The van der Waals surface area contributed by atoms with Crippen molar-refractivity contribution in [3.8, 4) is 0 Å². The van der Waals surface area contributed by atoms with E-state index < -0.39 is 5.82 Å². The molecule has 0 N–H and O–H groups in total. The molecule has 1 aromatic rings. The van der Waals surface area contributed by atoms with Gasteiger partial charge in [0.1, 0.15) is 5.82 Å². The molecule has 0 saturated carbocycles. The maximum Gasteiger partial charge on any atom is 0.254 e. The average Bonchev–Trinajstić information content (AvgIpc) is 2.28. The van der Waals surface area contributed by atoms with E-state index in [4.69, 9.17) is 23.2 Å². The molecule has 16 heavy (non-hydrogen) atoms. The van der Waals surface area contributed by atoms with Gasteiger partial charge in [-0.15, -0.1) is 23.2 Å². The molecule has 0 atom stereocenters. The van der Waals surface area contributed by atoms with Crippen LogP contribution in [0.1, 0.15) is 10.4 Å². The minimum absolute atomic E-state index is 0.249. The lowest BCUT2D eigenvalue weighted by atomic mass is 10.2. The third kappa shape index (κ3) is 3.65. The highest BCUT2D eigenvalue weighted by molar-refractivity contribution is 6.18. The summed E-state index contributed by atoms with van der Waals surface area (Å²) >= 11 is 11.2. The van der Waals surface area contributed by atoms with Gasteiger partial charge in [0.2, 0.25) is 0 Å². The van der Waals surface area contributed by atoms with Gasteiger partial charge in [-0.05, 0) is 18.2 Å². The molecule has 5 heteroatoms. The normalized spacial score (nSPS) is 10.2. The smallest absolute Gasteiger partial charge is 0.254 e. The van der Waals surface area contributed by atoms with Gasteiger partial charge < -0.3 is 4.90 Å². The zero-order valence-electron chi connectivity index (χ0n) is 8.63. The van der Waals surface area contributed by atoms with Crippen LogP contribution in [0.3, 0.4) is 0 Å². The number of alkyl halides is 2. The number of hydrogen-bond acceptors (Lipinski definition) is 1. The second-order valence-electron chi connectivity index (χ2n) is 3.18. The molecule has 0 aromatic heterocycles. The molecule has 0 radical (unpaired) electrons. The van der Waals surface area contributed by atoms with Crippen molar-refractivity contribution in [2.24, 2.45) is 0 Å². The summed E-state index contributed by atoms with van der Waals surface area (Å²) in [4.78, 5) is 13.4. The third-order valence-corrected chi connectivity index (χ3v) is 2.41. The van der Waals surface area contributed by atoms with Gasteiger partial charge in [0.05, 0.1) is 0 Å². The summed E-state index contributed by atoms with van der Waals surface area (Å²) in [7, 11) is 0. The summed E-state index contributed by atoms with van der Waals surface area (Å²) in [5, 5.41) is 0. The molecule has 0 aliphatic heterocycles. The van der Waals surface area contributed by atoms with E-state index in [1.165, 1.54) is 23.1 Å². The maximum absolute atomic E-state index is 12.9. The number of rotatable bonds is 5. The second kappa shape index (κ2) is 6.71. The van der Waals surface area contributed by atoms with Gasteiger partial charge in [-0.25, -0.2) is 4.39 Å². The largest absolute Gasteiger partial charge is 0.336 e. The molecule has 1 rings (SSSR count). The van der Waals surface area contributed by atoms with Gasteiger partial charge in [-0.1, -0.05) is 6.07 Å². The third-order valence-electron chi connectivity index (χ3n) is 2.07. The van der Waals surface area contributed by atoms with Crippen molar-refractivity contribution < 1.29 is 9.18 Å². The standard InChI is InChI=1S/C11H12Cl2FNO/c12-4-6-15(7-5-13)11(16)9-2-1-3-10(14)8-9/h1-3,8H,4-7H2. The number of carbonyl (C=O) groups is 1. The Bertz CT molecular complexity index is 354. The van der Waals surface area contributed by atoms with Crippen LogP contribution in [0.5, 0.6) is 0 Å². The van der Waals surface area contributed by atoms with Crippen molar-refractivity contribution in [3.63, 3.8) is 0 Å². The van der Waals surface area contributed by atoms with E-state index in [2.05, 4.69) is 0 Å². The van der Waals surface area contributed by atoms with E-state index >= 15 is 0 Å². The van der Waals surface area contributed by atoms with Gasteiger partial charge in [-0.3, -0.25) is 4.79 Å². The van der Waals surface area contributed by atoms with E-state index in [1.807, 2.05) is 0 Å². The van der Waals surface area contributed by atoms with Crippen LogP contribution in [-0.2, 0) is 0 Å². The van der Waals surface area contributed by atoms with Crippen molar-refractivity contribution >= 4 is 29.1 Å². The summed E-state index contributed by atoms with van der Waals surface area (Å²) < 4.78 is 12.9. The zero-order chi connectivity index (χ0) is 12.0. The van der Waals surface area contributed by atoms with Crippen LogP contribution >= 0.6 is 23.2 Å². The average molecular weight is 264 g/mol. The van der Waals surface area contributed by atoms with Crippen molar-refractivity contribution in [2.45, 2.75) is 0 Å². The fourth-order valence-corrected chi connectivity index (χ4v) is 1.73. The van der Waals surface area contributed by atoms with Crippen LogP contribution in [-0.4, -0.2) is 35.7 Å². The molecular formula is C11H12Cl2FNO. The monoisotopic (exact) mass is 263 g/mol. The van der Waals surface area contributed by atoms with Crippen molar-refractivity contribution in [1.82, 2.24) is 4.90 Å². The highest BCUT2D eigenvalue weighted by Crippen LogP contribution is 2.08. The van der Waals surface area contributed by atoms with Gasteiger partial charge >= 0.3 is 0 Å². The quantitative estimate of drug-likeness (QED) is 0.749. The summed E-state index contributed by atoms with van der Waals surface area (Å²) in [6.07, 6.45) is 0. The molecule has 0 heterocycles. The molecular weight excluding hydrogens is 252 g/mol. The predicted molar refractivity (Wildman–Crippen MR) is 63.7 cm³/mol. The first-order valence-electron chi connectivity index (χ1n) is 4.86. The Morgan fingerprint density at radius 1 is 1.25 bits per heavy atom. The van der Waals surface area contributed by atoms with Gasteiger partial charge in [0, 0.05) is 30.4 Å². The SMILES string of the molecule is O=C(c1cccc(F)c1)N(CCCl)CCCl. The summed E-state index contributed by atoms with van der Waals surface area (Å²) in [6, 6.07) is 5.57. The van der Waals surface area contributed by atoms with Crippen LogP contribution in [0.4, 0.5) is 4.39 Å². The second-order valence-corrected chi connectivity index (χ2v) is 3.94. The van der Waals surface area contributed by atoms with Crippen LogP contribution in [0.25, 0.3) is 0 Å². The molecule has 1 amide bonds. The molecule has 0 saturated heterocycles. The van der Waals surface area contributed by atoms with Crippen LogP contribution < -0.4 is 0 Å². The molecule has 0 fully saturated rings. The minimum Gasteiger partial charge on any atom is -0.336 e. The lowest BCUT2D eigenvalue weighted by molar-refractivity contribution is 0.0774. The first-order valence-corrected chi connectivity index (χ1v) is 5.92. The lowest BCUT2D eigenvalue weighted by Crippen LogP contribution is -2.34. The molecule has 88 valence electrons. The van der Waals surface area contributed by atoms with E-state index in [0.717, 1.165) is 0 Å². The Hall–Kier alpha value is -0.800. The molecule has 0 aliphatic carbocycles. The van der Waals surface area contributed by atoms with E-state index in [1.54, 1.807) is 6.07 Å². The van der Waals surface area contributed by atoms with Gasteiger partial charge in [0.15, 0.2) is 0 Å². The Balaban J connectivity index is 2.81. The fourth-order valence-electron chi connectivity index (χ4n) is 1.32. The van der Waals surface area contributed by atoms with E-state index in [-0.39, 0.29) is 5.91 Å². The summed E-state index contributed by atoms with van der Waals surface area (Å²) in [5.41, 5.74) is 0.315. The van der Waals surface area contributed by atoms with Gasteiger partial charge in [0.25, 0.3) is 5.91 Å². The fraction of sp³-hybridized carbons (Fsp3) is 0.364. The Kier molecular flexibility index (Phi) is 5.56. The number of nitrogens with zero attached hydrogens (tertiary/aromatic N) is 1.